The van der Waals surface area contributed by atoms with Gasteiger partial charge in [0, 0.05) is 6.04 Å². The highest BCUT2D eigenvalue weighted by molar-refractivity contribution is 7.91. The van der Waals surface area contributed by atoms with Crippen LogP contribution in [0.3, 0.4) is 0 Å². The van der Waals surface area contributed by atoms with Gasteiger partial charge in [0.25, 0.3) is 5.91 Å². The Kier molecular flexibility index (Phi) is 4.65. The standard InChI is InChI=1S/C14H19NO4S/c1-2-11-4-3-5-13(8-11)19-9-14(16)15-12-6-7-20(17,18)10-12/h3-5,8,12H,2,6-7,9-10H2,1H3,(H,15,16). The van der Waals surface area contributed by atoms with Crippen LogP contribution in [0.25, 0.3) is 0 Å². The lowest BCUT2D eigenvalue weighted by Gasteiger charge is -2.12. The van der Waals surface area contributed by atoms with Gasteiger partial charge in [0.05, 0.1) is 11.5 Å². The van der Waals surface area contributed by atoms with E-state index < -0.39 is 9.84 Å². The monoisotopic (exact) mass is 297 g/mol. The summed E-state index contributed by atoms with van der Waals surface area (Å²) in [6, 6.07) is 7.30. The van der Waals surface area contributed by atoms with E-state index in [1.165, 1.54) is 0 Å². The summed E-state index contributed by atoms with van der Waals surface area (Å²) in [5.41, 5.74) is 1.14. The summed E-state index contributed by atoms with van der Waals surface area (Å²) in [6.45, 7) is 1.95. The second kappa shape index (κ2) is 6.26. The molecule has 1 saturated heterocycles. The van der Waals surface area contributed by atoms with Crippen LogP contribution in [0, 0.1) is 0 Å². The van der Waals surface area contributed by atoms with Gasteiger partial charge >= 0.3 is 0 Å². The summed E-state index contributed by atoms with van der Waals surface area (Å²) >= 11 is 0. The summed E-state index contributed by atoms with van der Waals surface area (Å²) in [4.78, 5) is 11.7. The molecule has 2 rings (SSSR count). The van der Waals surface area contributed by atoms with E-state index in [1.807, 2.05) is 25.1 Å². The first kappa shape index (κ1) is 14.8. The van der Waals surface area contributed by atoms with E-state index in [0.717, 1.165) is 12.0 Å². The molecule has 20 heavy (non-hydrogen) atoms. The molecule has 1 heterocycles. The molecule has 1 aromatic carbocycles. The van der Waals surface area contributed by atoms with Crippen molar-refractivity contribution in [3.05, 3.63) is 29.8 Å². The molecule has 1 aliphatic heterocycles. The molecular formula is C14H19NO4S. The molecule has 1 unspecified atom stereocenters. The zero-order valence-electron chi connectivity index (χ0n) is 11.5. The topological polar surface area (TPSA) is 72.5 Å². The maximum Gasteiger partial charge on any atom is 0.258 e. The van der Waals surface area contributed by atoms with Gasteiger partial charge in [-0.3, -0.25) is 4.79 Å². The van der Waals surface area contributed by atoms with E-state index in [4.69, 9.17) is 4.74 Å². The van der Waals surface area contributed by atoms with E-state index in [1.54, 1.807) is 6.07 Å². The van der Waals surface area contributed by atoms with Crippen molar-refractivity contribution in [2.45, 2.75) is 25.8 Å². The van der Waals surface area contributed by atoms with Crippen molar-refractivity contribution in [3.8, 4) is 5.75 Å². The average molecular weight is 297 g/mol. The van der Waals surface area contributed by atoms with Crippen LogP contribution in [-0.4, -0.2) is 38.5 Å². The van der Waals surface area contributed by atoms with Crippen LogP contribution in [0.1, 0.15) is 18.9 Å². The van der Waals surface area contributed by atoms with E-state index in [-0.39, 0.29) is 30.1 Å². The molecule has 1 fully saturated rings. The van der Waals surface area contributed by atoms with Crippen LogP contribution in [0.2, 0.25) is 0 Å². The van der Waals surface area contributed by atoms with E-state index in [9.17, 15) is 13.2 Å². The van der Waals surface area contributed by atoms with Gasteiger partial charge in [-0.25, -0.2) is 8.42 Å². The lowest BCUT2D eigenvalue weighted by Crippen LogP contribution is -2.38. The fourth-order valence-electron chi connectivity index (χ4n) is 2.18. The van der Waals surface area contributed by atoms with Crippen molar-refractivity contribution in [1.29, 1.82) is 0 Å². The lowest BCUT2D eigenvalue weighted by atomic mass is 10.2. The van der Waals surface area contributed by atoms with Gasteiger partial charge in [0.2, 0.25) is 0 Å². The van der Waals surface area contributed by atoms with Gasteiger partial charge in [-0.1, -0.05) is 19.1 Å². The summed E-state index contributed by atoms with van der Waals surface area (Å²) in [5.74, 6) is 0.550. The molecule has 0 aliphatic carbocycles. The summed E-state index contributed by atoms with van der Waals surface area (Å²) in [6.07, 6.45) is 1.39. The molecule has 110 valence electrons. The number of nitrogens with one attached hydrogen (secondary N) is 1. The number of ether oxygens (including phenoxy) is 1. The minimum atomic E-state index is -2.97. The Bertz CT molecular complexity index is 583. The number of carbonyl (C=O) groups is 1. The first-order valence-corrected chi connectivity index (χ1v) is 8.52. The highest BCUT2D eigenvalue weighted by atomic mass is 32.2. The van der Waals surface area contributed by atoms with E-state index >= 15 is 0 Å². The number of hydrogen-bond donors (Lipinski definition) is 1. The Hall–Kier alpha value is -1.56. The van der Waals surface area contributed by atoms with Crippen molar-refractivity contribution >= 4 is 15.7 Å². The highest BCUT2D eigenvalue weighted by Gasteiger charge is 2.28. The lowest BCUT2D eigenvalue weighted by molar-refractivity contribution is -0.123. The van der Waals surface area contributed by atoms with Crippen molar-refractivity contribution in [2.24, 2.45) is 0 Å². The molecule has 0 saturated carbocycles. The van der Waals surface area contributed by atoms with Crippen molar-refractivity contribution in [1.82, 2.24) is 5.32 Å². The van der Waals surface area contributed by atoms with Crippen LogP contribution in [-0.2, 0) is 21.1 Å². The van der Waals surface area contributed by atoms with E-state index in [0.29, 0.717) is 12.2 Å². The molecule has 5 nitrogen and oxygen atoms in total. The third-order valence-electron chi connectivity index (χ3n) is 3.27. The van der Waals surface area contributed by atoms with Gasteiger partial charge in [-0.15, -0.1) is 0 Å². The van der Waals surface area contributed by atoms with Gasteiger partial charge in [0.1, 0.15) is 5.75 Å². The third-order valence-corrected chi connectivity index (χ3v) is 5.04. The quantitative estimate of drug-likeness (QED) is 0.877. The zero-order chi connectivity index (χ0) is 14.6. The number of carbonyl (C=O) groups excluding carboxylic acids is 1. The molecule has 0 spiro atoms. The number of aryl methyl sites for hydroxylation is 1. The van der Waals surface area contributed by atoms with Gasteiger partial charge in [0.15, 0.2) is 16.4 Å². The molecule has 1 N–H and O–H groups in total. The molecule has 6 heteroatoms. The molecular weight excluding hydrogens is 278 g/mol. The molecule has 1 aromatic rings. The Morgan fingerprint density at radius 1 is 1.45 bits per heavy atom. The molecule has 0 bridgehead atoms. The Morgan fingerprint density at radius 3 is 2.90 bits per heavy atom. The minimum absolute atomic E-state index is 0.0318. The number of benzene rings is 1. The van der Waals surface area contributed by atoms with E-state index in [2.05, 4.69) is 5.32 Å². The fraction of sp³-hybridized carbons (Fsp3) is 0.500. The van der Waals surface area contributed by atoms with Crippen LogP contribution in [0.4, 0.5) is 0 Å². The second-order valence-electron chi connectivity index (χ2n) is 4.96. The summed E-state index contributed by atoms with van der Waals surface area (Å²) in [5, 5.41) is 2.69. The number of hydrogen-bond acceptors (Lipinski definition) is 4. The maximum atomic E-state index is 11.7. The second-order valence-corrected chi connectivity index (χ2v) is 7.19. The Labute approximate surface area is 119 Å². The van der Waals surface area contributed by atoms with Gasteiger partial charge in [-0.2, -0.15) is 0 Å². The summed E-state index contributed by atoms with van der Waals surface area (Å²) < 4.78 is 28.0. The van der Waals surface area contributed by atoms with Gasteiger partial charge < -0.3 is 10.1 Å². The first-order chi connectivity index (χ1) is 9.48. The van der Waals surface area contributed by atoms with Gasteiger partial charge in [-0.05, 0) is 30.5 Å². The Balaban J connectivity index is 1.80. The number of rotatable bonds is 5. The predicted molar refractivity (Wildman–Crippen MR) is 76.5 cm³/mol. The fourth-order valence-corrected chi connectivity index (χ4v) is 3.86. The molecule has 1 atom stereocenters. The molecule has 1 aliphatic rings. The van der Waals surface area contributed by atoms with Crippen LogP contribution in [0.15, 0.2) is 24.3 Å². The zero-order valence-corrected chi connectivity index (χ0v) is 12.3. The van der Waals surface area contributed by atoms with Crippen molar-refractivity contribution in [3.63, 3.8) is 0 Å². The molecule has 0 radical (unpaired) electrons. The predicted octanol–water partition coefficient (Wildman–Crippen LogP) is 0.931. The molecule has 1 amide bonds. The number of sulfone groups is 1. The first-order valence-electron chi connectivity index (χ1n) is 6.70. The summed E-state index contributed by atoms with van der Waals surface area (Å²) in [7, 11) is -2.97. The number of amides is 1. The normalized spacial score (nSPS) is 20.6. The van der Waals surface area contributed by atoms with Crippen LogP contribution < -0.4 is 10.1 Å². The minimum Gasteiger partial charge on any atom is -0.484 e. The maximum absolute atomic E-state index is 11.7. The third kappa shape index (κ3) is 4.23. The highest BCUT2D eigenvalue weighted by Crippen LogP contribution is 2.14. The van der Waals surface area contributed by atoms with Crippen molar-refractivity contribution < 1.29 is 17.9 Å². The Morgan fingerprint density at radius 2 is 2.25 bits per heavy atom. The smallest absolute Gasteiger partial charge is 0.258 e. The largest absolute Gasteiger partial charge is 0.484 e. The average Bonchev–Trinajstić information content (AvgIpc) is 2.76. The van der Waals surface area contributed by atoms with Crippen LogP contribution in [0.5, 0.6) is 5.75 Å². The van der Waals surface area contributed by atoms with Crippen LogP contribution >= 0.6 is 0 Å². The van der Waals surface area contributed by atoms with Crippen molar-refractivity contribution in [2.75, 3.05) is 18.1 Å². The molecule has 0 aromatic heterocycles. The SMILES string of the molecule is CCc1cccc(OCC(=O)NC2CCS(=O)(=O)C2)c1.